The van der Waals surface area contributed by atoms with Gasteiger partial charge in [-0.05, 0) is 30.5 Å². The van der Waals surface area contributed by atoms with Gasteiger partial charge in [0.1, 0.15) is 29.9 Å². The average molecular weight is 499 g/mol. The Bertz CT molecular complexity index is 850. The zero-order valence-corrected chi connectivity index (χ0v) is 20.3. The molecule has 0 bridgehead atoms. The molecule has 0 radical (unpaired) electrons. The van der Waals surface area contributed by atoms with Crippen LogP contribution in [0.25, 0.3) is 0 Å². The number of carboxylic acid groups (broad SMARTS) is 1. The van der Waals surface area contributed by atoms with Crippen LogP contribution in [0.5, 0.6) is 5.75 Å². The summed E-state index contributed by atoms with van der Waals surface area (Å²) in [6, 6.07) is 1.18. The Balaban J connectivity index is 2.95. The number of nitrogens with one attached hydrogen (secondary N) is 3. The molecule has 0 saturated carbocycles. The second-order valence-electron chi connectivity index (χ2n) is 8.15. The van der Waals surface area contributed by atoms with Crippen LogP contribution in [0.4, 0.5) is 0 Å². The van der Waals surface area contributed by atoms with Crippen molar-refractivity contribution in [2.24, 2.45) is 11.7 Å². The quantitative estimate of drug-likeness (QED) is 0.161. The summed E-state index contributed by atoms with van der Waals surface area (Å²) in [5, 5.41) is 35.8. The molecule has 0 spiro atoms. The fourth-order valence-electron chi connectivity index (χ4n) is 2.97. The molecule has 34 heavy (non-hydrogen) atoms. The van der Waals surface area contributed by atoms with Gasteiger partial charge in [-0.1, -0.05) is 32.4 Å². The minimum absolute atomic E-state index is 0.0273. The molecule has 3 amide bonds. The largest absolute Gasteiger partial charge is 0.508 e. The highest BCUT2D eigenvalue weighted by Crippen LogP contribution is 2.13. The summed E-state index contributed by atoms with van der Waals surface area (Å²) in [5.41, 5.74) is 6.17. The van der Waals surface area contributed by atoms with Crippen molar-refractivity contribution >= 4 is 36.3 Å². The second kappa shape index (κ2) is 13.8. The minimum atomic E-state index is -1.27. The van der Waals surface area contributed by atoms with Crippen LogP contribution in [0.15, 0.2) is 24.3 Å². The lowest BCUT2D eigenvalue weighted by atomic mass is 9.97. The molecule has 0 aliphatic heterocycles. The number of carbonyl (C=O) groups excluding carboxylic acids is 3. The number of aliphatic carboxylic acids is 1. The molecule has 11 nitrogen and oxygen atoms in total. The monoisotopic (exact) mass is 498 g/mol. The van der Waals surface area contributed by atoms with E-state index in [4.69, 9.17) is 5.73 Å². The Hall–Kier alpha value is -2.83. The second-order valence-corrected chi connectivity index (χ2v) is 8.52. The first-order chi connectivity index (χ1) is 15.9. The molecule has 1 aromatic rings. The fraction of sp³-hybridized carbons (Fsp3) is 0.545. The number of amides is 3. The number of carboxylic acids is 1. The van der Waals surface area contributed by atoms with Crippen LogP contribution in [0.1, 0.15) is 32.8 Å². The van der Waals surface area contributed by atoms with Gasteiger partial charge in [-0.25, -0.2) is 4.79 Å². The van der Waals surface area contributed by atoms with E-state index in [1.165, 1.54) is 19.1 Å². The van der Waals surface area contributed by atoms with E-state index in [0.717, 1.165) is 0 Å². The fourth-order valence-corrected chi connectivity index (χ4v) is 3.22. The third-order valence-corrected chi connectivity index (χ3v) is 5.79. The van der Waals surface area contributed by atoms with Crippen molar-refractivity contribution in [1.82, 2.24) is 16.0 Å². The van der Waals surface area contributed by atoms with Gasteiger partial charge in [0.2, 0.25) is 17.7 Å². The van der Waals surface area contributed by atoms with Crippen molar-refractivity contribution in [2.75, 3.05) is 5.75 Å². The molecule has 0 fully saturated rings. The first-order valence-electron chi connectivity index (χ1n) is 10.9. The van der Waals surface area contributed by atoms with Crippen molar-refractivity contribution in [2.45, 2.75) is 63.9 Å². The zero-order chi connectivity index (χ0) is 26.0. The summed E-state index contributed by atoms with van der Waals surface area (Å²) in [7, 11) is 0. The van der Waals surface area contributed by atoms with E-state index in [0.29, 0.717) is 12.0 Å². The summed E-state index contributed by atoms with van der Waals surface area (Å²) in [5.74, 6) is -3.84. The van der Waals surface area contributed by atoms with Crippen molar-refractivity contribution in [3.05, 3.63) is 29.8 Å². The molecule has 6 atom stereocenters. The van der Waals surface area contributed by atoms with E-state index in [1.54, 1.807) is 19.1 Å². The van der Waals surface area contributed by atoms with Crippen LogP contribution >= 0.6 is 12.6 Å². The highest BCUT2D eigenvalue weighted by Gasteiger charge is 2.32. The number of aliphatic hydroxyl groups excluding tert-OH is 1. The summed E-state index contributed by atoms with van der Waals surface area (Å²) in [4.78, 5) is 49.6. The lowest BCUT2D eigenvalue weighted by molar-refractivity contribution is -0.142. The Morgan fingerprint density at radius 3 is 2.00 bits per heavy atom. The van der Waals surface area contributed by atoms with Gasteiger partial charge in [0.05, 0.1) is 6.10 Å². The maximum Gasteiger partial charge on any atom is 0.326 e. The van der Waals surface area contributed by atoms with Crippen LogP contribution in [-0.4, -0.2) is 75.0 Å². The van der Waals surface area contributed by atoms with E-state index < -0.39 is 54.0 Å². The number of phenols is 1. The van der Waals surface area contributed by atoms with Crippen LogP contribution in [-0.2, 0) is 25.6 Å². The van der Waals surface area contributed by atoms with Crippen molar-refractivity contribution in [1.29, 1.82) is 0 Å². The predicted octanol–water partition coefficient (Wildman–Crippen LogP) is -0.842. The molecule has 0 aliphatic carbocycles. The van der Waals surface area contributed by atoms with Gasteiger partial charge in [-0.15, -0.1) is 0 Å². The number of rotatable bonds is 13. The smallest absolute Gasteiger partial charge is 0.326 e. The standard InChI is InChI=1S/C22H34N4O7S/c1-4-11(2)18(26-19(29)16(10-34)25-20(30)17(23)12(3)27)21(31)24-15(22(32)33)9-13-5-7-14(28)8-6-13/h5-8,11-12,15-18,27-28,34H,4,9-10,23H2,1-3H3,(H,24,31)(H,25,30)(H,26,29)(H,32,33). The van der Waals surface area contributed by atoms with Gasteiger partial charge in [0, 0.05) is 12.2 Å². The van der Waals surface area contributed by atoms with Crippen LogP contribution < -0.4 is 21.7 Å². The number of benzene rings is 1. The molecule has 0 aliphatic rings. The average Bonchev–Trinajstić information content (AvgIpc) is 2.80. The van der Waals surface area contributed by atoms with Crippen molar-refractivity contribution in [3.8, 4) is 5.75 Å². The summed E-state index contributed by atoms with van der Waals surface area (Å²) >= 11 is 4.07. The number of carbonyl (C=O) groups is 4. The van der Waals surface area contributed by atoms with Gasteiger partial charge in [0.15, 0.2) is 0 Å². The van der Waals surface area contributed by atoms with Gasteiger partial charge < -0.3 is 37.0 Å². The third kappa shape index (κ3) is 8.84. The minimum Gasteiger partial charge on any atom is -0.508 e. The Morgan fingerprint density at radius 1 is 0.971 bits per heavy atom. The molecule has 0 aromatic heterocycles. The molecular weight excluding hydrogens is 464 g/mol. The molecular formula is C22H34N4O7S. The SMILES string of the molecule is CCC(C)C(NC(=O)C(CS)NC(=O)C(N)C(C)O)C(=O)NC(Cc1ccc(O)cc1)C(=O)O. The summed E-state index contributed by atoms with van der Waals surface area (Å²) in [6.45, 7) is 4.86. The zero-order valence-electron chi connectivity index (χ0n) is 19.4. The molecule has 8 N–H and O–H groups in total. The predicted molar refractivity (Wildman–Crippen MR) is 128 cm³/mol. The maximum absolute atomic E-state index is 13.0. The normalized spacial score (nSPS) is 16.3. The molecule has 0 heterocycles. The van der Waals surface area contributed by atoms with Crippen LogP contribution in [0.2, 0.25) is 0 Å². The van der Waals surface area contributed by atoms with E-state index >= 15 is 0 Å². The highest BCUT2D eigenvalue weighted by atomic mass is 32.1. The van der Waals surface area contributed by atoms with E-state index in [1.807, 2.05) is 6.92 Å². The number of phenolic OH excluding ortho intramolecular Hbond substituents is 1. The number of thiol groups is 1. The Kier molecular flexibility index (Phi) is 11.8. The van der Waals surface area contributed by atoms with Crippen molar-refractivity contribution < 1.29 is 34.5 Å². The van der Waals surface area contributed by atoms with E-state index in [2.05, 4.69) is 28.6 Å². The molecule has 0 saturated heterocycles. The summed E-state index contributed by atoms with van der Waals surface area (Å²) < 4.78 is 0. The molecule has 190 valence electrons. The first kappa shape index (κ1) is 29.2. The topological polar surface area (TPSA) is 191 Å². The Labute approximate surface area is 203 Å². The van der Waals surface area contributed by atoms with Crippen molar-refractivity contribution in [3.63, 3.8) is 0 Å². The first-order valence-corrected chi connectivity index (χ1v) is 11.5. The Morgan fingerprint density at radius 2 is 1.53 bits per heavy atom. The maximum atomic E-state index is 13.0. The van der Waals surface area contributed by atoms with Gasteiger partial charge in [0.25, 0.3) is 0 Å². The summed E-state index contributed by atoms with van der Waals surface area (Å²) in [6.07, 6.45) is -0.669. The van der Waals surface area contributed by atoms with Gasteiger partial charge in [-0.3, -0.25) is 14.4 Å². The molecule has 1 rings (SSSR count). The molecule has 12 heteroatoms. The number of hydrogen-bond acceptors (Lipinski definition) is 8. The molecule has 6 unspecified atom stereocenters. The lowest BCUT2D eigenvalue weighted by Crippen LogP contribution is -2.60. The molecule has 1 aromatic carbocycles. The lowest BCUT2D eigenvalue weighted by Gasteiger charge is -2.28. The number of aromatic hydroxyl groups is 1. The number of hydrogen-bond donors (Lipinski definition) is 8. The van der Waals surface area contributed by atoms with Crippen LogP contribution in [0, 0.1) is 5.92 Å². The van der Waals surface area contributed by atoms with Gasteiger partial charge >= 0.3 is 5.97 Å². The number of nitrogens with two attached hydrogens (primary N) is 1. The van der Waals surface area contributed by atoms with Crippen LogP contribution in [0.3, 0.4) is 0 Å². The van der Waals surface area contributed by atoms with E-state index in [-0.39, 0.29) is 23.8 Å². The number of aliphatic hydroxyl groups is 1. The third-order valence-electron chi connectivity index (χ3n) is 5.42. The van der Waals surface area contributed by atoms with E-state index in [9.17, 15) is 34.5 Å². The highest BCUT2D eigenvalue weighted by molar-refractivity contribution is 7.80. The van der Waals surface area contributed by atoms with Gasteiger partial charge in [-0.2, -0.15) is 12.6 Å².